The normalized spacial score (nSPS) is 10.7. The topological polar surface area (TPSA) is 22.1 Å². The molecule has 0 fully saturated rings. The highest BCUT2D eigenvalue weighted by atomic mass is 35.5. The number of benzene rings is 1. The van der Waals surface area contributed by atoms with Crippen LogP contribution in [0.4, 0.5) is 0 Å². The average Bonchev–Trinajstić information content (AvgIpc) is 2.80. The maximum atomic E-state index is 5.80. The fourth-order valence-electron chi connectivity index (χ4n) is 1.31. The van der Waals surface area contributed by atoms with E-state index in [4.69, 9.17) is 27.9 Å². The molecule has 1 heterocycles. The van der Waals surface area contributed by atoms with Crippen LogP contribution in [0.2, 0.25) is 5.02 Å². The maximum Gasteiger partial charge on any atom is 0.119 e. The molecule has 1 aromatic carbocycles. The van der Waals surface area contributed by atoms with Gasteiger partial charge < -0.3 is 4.74 Å². The van der Waals surface area contributed by atoms with E-state index >= 15 is 0 Å². The maximum absolute atomic E-state index is 5.80. The van der Waals surface area contributed by atoms with Gasteiger partial charge in [-0.15, -0.1) is 22.9 Å². The van der Waals surface area contributed by atoms with Crippen molar-refractivity contribution in [3.05, 3.63) is 50.9 Å². The van der Waals surface area contributed by atoms with Gasteiger partial charge in [0.05, 0.1) is 24.8 Å². The standard InChI is InChI=1S/C12H11Cl2NOS/c13-5-11-8-17-12(15-11)7-16-6-9-1-3-10(14)4-2-9/h1-4,8H,5-7H2. The molecule has 0 amide bonds. The fraction of sp³-hybridized carbons (Fsp3) is 0.250. The minimum Gasteiger partial charge on any atom is -0.370 e. The van der Waals surface area contributed by atoms with E-state index in [1.807, 2.05) is 29.6 Å². The highest BCUT2D eigenvalue weighted by molar-refractivity contribution is 7.09. The number of hydrogen-bond acceptors (Lipinski definition) is 3. The zero-order valence-electron chi connectivity index (χ0n) is 9.03. The first kappa shape index (κ1) is 12.8. The lowest BCUT2D eigenvalue weighted by Gasteiger charge is -2.02. The van der Waals surface area contributed by atoms with Crippen LogP contribution in [0.25, 0.3) is 0 Å². The SMILES string of the molecule is ClCc1csc(COCc2ccc(Cl)cc2)n1. The van der Waals surface area contributed by atoms with Crippen LogP contribution < -0.4 is 0 Å². The molecule has 0 saturated carbocycles. The number of halogens is 2. The Morgan fingerprint density at radius 3 is 2.59 bits per heavy atom. The van der Waals surface area contributed by atoms with Crippen molar-refractivity contribution in [2.45, 2.75) is 19.1 Å². The number of alkyl halides is 1. The number of nitrogens with zero attached hydrogens (tertiary/aromatic N) is 1. The third-order valence-electron chi connectivity index (χ3n) is 2.14. The van der Waals surface area contributed by atoms with E-state index in [2.05, 4.69) is 4.98 Å². The Balaban J connectivity index is 1.81. The van der Waals surface area contributed by atoms with E-state index in [1.54, 1.807) is 11.3 Å². The summed E-state index contributed by atoms with van der Waals surface area (Å²) in [6.45, 7) is 1.08. The van der Waals surface area contributed by atoms with E-state index in [9.17, 15) is 0 Å². The van der Waals surface area contributed by atoms with Gasteiger partial charge in [-0.2, -0.15) is 0 Å². The number of aromatic nitrogens is 1. The minimum absolute atomic E-state index is 0.452. The summed E-state index contributed by atoms with van der Waals surface area (Å²) < 4.78 is 5.57. The van der Waals surface area contributed by atoms with Crippen molar-refractivity contribution in [1.29, 1.82) is 0 Å². The predicted octanol–water partition coefficient (Wildman–Crippen LogP) is 4.25. The van der Waals surface area contributed by atoms with Gasteiger partial charge in [-0.3, -0.25) is 0 Å². The van der Waals surface area contributed by atoms with Crippen LogP contribution >= 0.6 is 34.5 Å². The van der Waals surface area contributed by atoms with E-state index in [1.165, 1.54) is 0 Å². The second-order valence-electron chi connectivity index (χ2n) is 3.49. The zero-order valence-corrected chi connectivity index (χ0v) is 11.4. The second-order valence-corrected chi connectivity index (χ2v) is 5.13. The summed E-state index contributed by atoms with van der Waals surface area (Å²) >= 11 is 13.0. The summed E-state index contributed by atoms with van der Waals surface area (Å²) in [4.78, 5) is 4.31. The van der Waals surface area contributed by atoms with Gasteiger partial charge in [-0.1, -0.05) is 23.7 Å². The van der Waals surface area contributed by atoms with E-state index in [0.29, 0.717) is 19.1 Å². The Morgan fingerprint density at radius 1 is 1.18 bits per heavy atom. The lowest BCUT2D eigenvalue weighted by Crippen LogP contribution is -1.93. The van der Waals surface area contributed by atoms with Gasteiger partial charge in [-0.05, 0) is 17.7 Å². The van der Waals surface area contributed by atoms with Gasteiger partial charge in [0.2, 0.25) is 0 Å². The molecule has 2 aromatic rings. The van der Waals surface area contributed by atoms with Crippen LogP contribution in [0, 0.1) is 0 Å². The lowest BCUT2D eigenvalue weighted by molar-refractivity contribution is 0.107. The monoisotopic (exact) mass is 287 g/mol. The van der Waals surface area contributed by atoms with Gasteiger partial charge in [0.15, 0.2) is 0 Å². The summed E-state index contributed by atoms with van der Waals surface area (Å²) in [5.74, 6) is 0.452. The molecule has 17 heavy (non-hydrogen) atoms. The molecule has 0 unspecified atom stereocenters. The first-order valence-corrected chi connectivity index (χ1v) is 6.88. The summed E-state index contributed by atoms with van der Waals surface area (Å²) in [6.07, 6.45) is 0. The zero-order chi connectivity index (χ0) is 12.1. The van der Waals surface area contributed by atoms with Crippen LogP contribution in [0.15, 0.2) is 29.6 Å². The second kappa shape index (κ2) is 6.36. The highest BCUT2D eigenvalue weighted by Gasteiger charge is 2.01. The van der Waals surface area contributed by atoms with Crippen molar-refractivity contribution < 1.29 is 4.74 Å². The summed E-state index contributed by atoms with van der Waals surface area (Å²) in [5.41, 5.74) is 2.00. The van der Waals surface area contributed by atoms with Crippen molar-refractivity contribution in [3.63, 3.8) is 0 Å². The first-order chi connectivity index (χ1) is 8.28. The van der Waals surface area contributed by atoms with E-state index in [0.717, 1.165) is 21.3 Å². The molecule has 0 aliphatic rings. The molecule has 0 atom stereocenters. The lowest BCUT2D eigenvalue weighted by atomic mass is 10.2. The molecule has 0 bridgehead atoms. The molecule has 0 saturated heterocycles. The molecule has 0 spiro atoms. The third kappa shape index (κ3) is 3.96. The smallest absolute Gasteiger partial charge is 0.119 e. The molecule has 5 heteroatoms. The third-order valence-corrected chi connectivity index (χ3v) is 3.54. The number of hydrogen-bond donors (Lipinski definition) is 0. The average molecular weight is 288 g/mol. The van der Waals surface area contributed by atoms with Crippen molar-refractivity contribution >= 4 is 34.5 Å². The summed E-state index contributed by atoms with van der Waals surface area (Å²) in [5, 5.41) is 3.64. The van der Waals surface area contributed by atoms with Gasteiger partial charge >= 0.3 is 0 Å². The van der Waals surface area contributed by atoms with Crippen LogP contribution in [-0.2, 0) is 23.8 Å². The van der Waals surface area contributed by atoms with Crippen molar-refractivity contribution in [2.75, 3.05) is 0 Å². The molecular weight excluding hydrogens is 277 g/mol. The van der Waals surface area contributed by atoms with Gasteiger partial charge in [0.25, 0.3) is 0 Å². The molecule has 0 N–H and O–H groups in total. The van der Waals surface area contributed by atoms with Crippen molar-refractivity contribution in [1.82, 2.24) is 4.98 Å². The molecule has 0 aliphatic carbocycles. The Kier molecular flexibility index (Phi) is 4.80. The number of ether oxygens (including phenoxy) is 1. The molecule has 2 rings (SSSR count). The largest absolute Gasteiger partial charge is 0.370 e. The predicted molar refractivity (Wildman–Crippen MR) is 71.6 cm³/mol. The Morgan fingerprint density at radius 2 is 1.94 bits per heavy atom. The van der Waals surface area contributed by atoms with E-state index in [-0.39, 0.29) is 0 Å². The molecule has 0 radical (unpaired) electrons. The molecular formula is C12H11Cl2NOS. The van der Waals surface area contributed by atoms with Crippen molar-refractivity contribution in [3.8, 4) is 0 Å². The Labute approximate surface area is 114 Å². The summed E-state index contributed by atoms with van der Waals surface area (Å²) in [6, 6.07) is 7.62. The number of rotatable bonds is 5. The first-order valence-electron chi connectivity index (χ1n) is 5.09. The minimum atomic E-state index is 0.452. The van der Waals surface area contributed by atoms with Crippen molar-refractivity contribution in [2.24, 2.45) is 0 Å². The van der Waals surface area contributed by atoms with E-state index < -0.39 is 0 Å². The van der Waals surface area contributed by atoms with Crippen LogP contribution in [0.1, 0.15) is 16.3 Å². The molecule has 2 nitrogen and oxygen atoms in total. The van der Waals surface area contributed by atoms with Crippen LogP contribution in [0.5, 0.6) is 0 Å². The highest BCUT2D eigenvalue weighted by Crippen LogP contribution is 2.14. The summed E-state index contributed by atoms with van der Waals surface area (Å²) in [7, 11) is 0. The quantitative estimate of drug-likeness (QED) is 0.767. The van der Waals surface area contributed by atoms with Gasteiger partial charge in [0.1, 0.15) is 5.01 Å². The fourth-order valence-corrected chi connectivity index (χ4v) is 2.40. The number of thiazole rings is 1. The Bertz CT molecular complexity index is 470. The molecule has 90 valence electrons. The molecule has 1 aromatic heterocycles. The van der Waals surface area contributed by atoms with Gasteiger partial charge in [0, 0.05) is 10.4 Å². The molecule has 0 aliphatic heterocycles. The van der Waals surface area contributed by atoms with Gasteiger partial charge in [-0.25, -0.2) is 4.98 Å². The van der Waals surface area contributed by atoms with Crippen LogP contribution in [0.3, 0.4) is 0 Å². The van der Waals surface area contributed by atoms with Crippen LogP contribution in [-0.4, -0.2) is 4.98 Å². The Hall–Kier alpha value is -0.610.